The zero-order valence-electron chi connectivity index (χ0n) is 27.0. The van der Waals surface area contributed by atoms with Crippen molar-refractivity contribution in [1.29, 1.82) is 0 Å². The number of rotatable bonds is 12. The number of nitrogens with zero attached hydrogens (tertiary/aromatic N) is 5. The molecule has 0 unspecified atom stereocenters. The molecule has 0 spiro atoms. The molecule has 7 rings (SSSR count). The summed E-state index contributed by atoms with van der Waals surface area (Å²) in [6, 6.07) is 19.1. The van der Waals surface area contributed by atoms with Crippen LogP contribution >= 0.6 is 23.2 Å². The van der Waals surface area contributed by atoms with Crippen molar-refractivity contribution in [3.63, 3.8) is 0 Å². The average Bonchev–Trinajstić information content (AvgIpc) is 3.90. The minimum absolute atomic E-state index is 0.0926. The Morgan fingerprint density at radius 1 is 0.980 bits per heavy atom. The number of ether oxygens (including phenoxy) is 1. The Bertz CT molecular complexity index is 2190. The van der Waals surface area contributed by atoms with Crippen molar-refractivity contribution in [1.82, 2.24) is 45.5 Å². The van der Waals surface area contributed by atoms with E-state index in [1.807, 2.05) is 54.6 Å². The largest absolute Gasteiger partial charge is 0.481 e. The average molecular weight is 711 g/mol. The van der Waals surface area contributed by atoms with Gasteiger partial charge in [0.25, 0.3) is 5.91 Å². The van der Waals surface area contributed by atoms with E-state index in [1.165, 1.54) is 0 Å². The number of halogens is 2. The quantitative estimate of drug-likeness (QED) is 0.130. The number of carbonyl (C=O) groups is 2. The number of benzene rings is 2. The first-order valence-electron chi connectivity index (χ1n) is 16.1. The van der Waals surface area contributed by atoms with Crippen molar-refractivity contribution in [2.75, 3.05) is 20.2 Å². The summed E-state index contributed by atoms with van der Waals surface area (Å²) in [5, 5.41) is 14.9. The van der Waals surface area contributed by atoms with Crippen LogP contribution in [0, 0.1) is 0 Å². The standard InChI is InChI=1S/C36H33Cl2N9O3/c1-50-36-21(16-39-18-23-9-13-32(48)43-23)8-10-28(45-36)26-6-2-4-24(33(26)37)25-5-3-7-27(34(25)38)29-11-12-31-44-30(19-47(31)46-29)35(49)41-15-14-22-17-40-20-42-22/h2-8,10-12,17,19-20,23,39H,9,13-16,18H2,1H3,(H,40,42)(H,41,49)(H,43,48)/t23-/m1/s1. The lowest BCUT2D eigenvalue weighted by Gasteiger charge is -2.15. The molecular weight excluding hydrogens is 677 g/mol. The fourth-order valence-corrected chi connectivity index (χ4v) is 6.62. The SMILES string of the molecule is COc1nc(-c2cccc(-c3cccc(-c4ccc5nc(C(=O)NCCc6cnc[nH]6)cn5n4)c3Cl)c2Cl)ccc1CNC[C@H]1CCC(=O)N1. The first-order valence-corrected chi connectivity index (χ1v) is 16.9. The number of carbonyl (C=O) groups excluding carboxylic acids is 2. The van der Waals surface area contributed by atoms with Crippen LogP contribution in [0.3, 0.4) is 0 Å². The summed E-state index contributed by atoms with van der Waals surface area (Å²) in [6.45, 7) is 1.65. The summed E-state index contributed by atoms with van der Waals surface area (Å²) in [4.78, 5) is 40.5. The van der Waals surface area contributed by atoms with Gasteiger partial charge in [-0.05, 0) is 24.6 Å². The second-order valence-corrected chi connectivity index (χ2v) is 12.6. The third kappa shape index (κ3) is 7.04. The highest BCUT2D eigenvalue weighted by molar-refractivity contribution is 6.39. The molecule has 1 aliphatic rings. The molecule has 6 aromatic rings. The lowest BCUT2D eigenvalue weighted by Crippen LogP contribution is -2.35. The summed E-state index contributed by atoms with van der Waals surface area (Å²) in [5.41, 5.74) is 6.76. The molecule has 4 N–H and O–H groups in total. The minimum atomic E-state index is -0.292. The highest BCUT2D eigenvalue weighted by atomic mass is 35.5. The van der Waals surface area contributed by atoms with Gasteiger partial charge in [0.1, 0.15) is 5.69 Å². The molecule has 0 saturated carbocycles. The zero-order chi connectivity index (χ0) is 34.6. The van der Waals surface area contributed by atoms with E-state index in [-0.39, 0.29) is 23.6 Å². The molecule has 0 aliphatic carbocycles. The number of fused-ring (bicyclic) bond motifs is 1. The van der Waals surface area contributed by atoms with Gasteiger partial charge in [0, 0.05) is 78.2 Å². The van der Waals surface area contributed by atoms with E-state index in [0.717, 1.165) is 34.4 Å². The third-order valence-electron chi connectivity index (χ3n) is 8.55. The highest BCUT2D eigenvalue weighted by Gasteiger charge is 2.21. The van der Waals surface area contributed by atoms with Crippen LogP contribution in [-0.4, -0.2) is 67.6 Å². The Kier molecular flexibility index (Phi) is 9.74. The molecule has 2 amide bonds. The van der Waals surface area contributed by atoms with Crippen LogP contribution in [0.4, 0.5) is 0 Å². The molecule has 0 bridgehead atoms. The maximum Gasteiger partial charge on any atom is 0.271 e. The number of aromatic nitrogens is 6. The Hall–Kier alpha value is -5.30. The highest BCUT2D eigenvalue weighted by Crippen LogP contribution is 2.42. The van der Waals surface area contributed by atoms with Crippen molar-refractivity contribution in [3.8, 4) is 39.5 Å². The maximum absolute atomic E-state index is 12.8. The number of aromatic amines is 1. The second-order valence-electron chi connectivity index (χ2n) is 11.9. The minimum Gasteiger partial charge on any atom is -0.481 e. The van der Waals surface area contributed by atoms with Gasteiger partial charge in [-0.3, -0.25) is 9.59 Å². The predicted molar refractivity (Wildman–Crippen MR) is 191 cm³/mol. The number of nitrogens with one attached hydrogen (secondary N) is 4. The maximum atomic E-state index is 12.8. The number of methoxy groups -OCH3 is 1. The molecular formula is C36H33Cl2N9O3. The molecule has 2 aromatic carbocycles. The Balaban J connectivity index is 1.10. The normalized spacial score (nSPS) is 14.2. The topological polar surface area (TPSA) is 151 Å². The summed E-state index contributed by atoms with van der Waals surface area (Å²) < 4.78 is 7.21. The van der Waals surface area contributed by atoms with Gasteiger partial charge in [0.05, 0.1) is 41.1 Å². The van der Waals surface area contributed by atoms with E-state index in [1.54, 1.807) is 36.4 Å². The number of amides is 2. The van der Waals surface area contributed by atoms with Crippen LogP contribution in [0.5, 0.6) is 5.88 Å². The fraction of sp³-hybridized carbons (Fsp3) is 0.222. The van der Waals surface area contributed by atoms with Crippen molar-refractivity contribution < 1.29 is 14.3 Å². The number of imidazole rings is 2. The smallest absolute Gasteiger partial charge is 0.271 e. The van der Waals surface area contributed by atoms with Gasteiger partial charge in [-0.2, -0.15) is 5.10 Å². The number of H-pyrrole nitrogens is 1. The molecule has 4 aromatic heterocycles. The van der Waals surface area contributed by atoms with Crippen LogP contribution in [0.25, 0.3) is 39.3 Å². The molecule has 50 heavy (non-hydrogen) atoms. The van der Waals surface area contributed by atoms with E-state index in [4.69, 9.17) is 38.0 Å². The molecule has 1 atom stereocenters. The van der Waals surface area contributed by atoms with Crippen molar-refractivity contribution in [3.05, 3.63) is 106 Å². The van der Waals surface area contributed by atoms with Crippen molar-refractivity contribution in [2.24, 2.45) is 0 Å². The van der Waals surface area contributed by atoms with Crippen LogP contribution in [-0.2, 0) is 17.8 Å². The van der Waals surface area contributed by atoms with Crippen LogP contribution in [0.1, 0.15) is 34.6 Å². The summed E-state index contributed by atoms with van der Waals surface area (Å²) in [7, 11) is 1.59. The molecule has 254 valence electrons. The Morgan fingerprint density at radius 2 is 1.72 bits per heavy atom. The zero-order valence-corrected chi connectivity index (χ0v) is 28.6. The third-order valence-corrected chi connectivity index (χ3v) is 9.36. The van der Waals surface area contributed by atoms with Crippen molar-refractivity contribution in [2.45, 2.75) is 31.8 Å². The van der Waals surface area contributed by atoms with E-state index in [2.05, 4.69) is 30.9 Å². The van der Waals surface area contributed by atoms with Gasteiger partial charge in [0.15, 0.2) is 5.65 Å². The van der Waals surface area contributed by atoms with E-state index in [0.29, 0.717) is 71.0 Å². The molecule has 1 saturated heterocycles. The van der Waals surface area contributed by atoms with Gasteiger partial charge in [-0.15, -0.1) is 0 Å². The lowest BCUT2D eigenvalue weighted by atomic mass is 9.98. The van der Waals surface area contributed by atoms with Gasteiger partial charge in [-0.25, -0.2) is 19.5 Å². The fourth-order valence-electron chi connectivity index (χ4n) is 5.98. The van der Waals surface area contributed by atoms with Gasteiger partial charge in [0.2, 0.25) is 11.8 Å². The molecule has 1 aliphatic heterocycles. The Labute approximate surface area is 297 Å². The summed E-state index contributed by atoms with van der Waals surface area (Å²) in [5.74, 6) is 0.290. The van der Waals surface area contributed by atoms with Crippen LogP contribution in [0.2, 0.25) is 10.0 Å². The molecule has 0 radical (unpaired) electrons. The van der Waals surface area contributed by atoms with Crippen LogP contribution < -0.4 is 20.7 Å². The van der Waals surface area contributed by atoms with E-state index >= 15 is 0 Å². The molecule has 14 heteroatoms. The first-order chi connectivity index (χ1) is 24.4. The molecule has 12 nitrogen and oxygen atoms in total. The predicted octanol–water partition coefficient (Wildman–Crippen LogP) is 5.50. The number of pyridine rings is 1. The first kappa shape index (κ1) is 33.2. The van der Waals surface area contributed by atoms with E-state index < -0.39 is 0 Å². The summed E-state index contributed by atoms with van der Waals surface area (Å²) in [6.07, 6.45) is 6.95. The van der Waals surface area contributed by atoms with Crippen LogP contribution in [0.15, 0.2) is 79.4 Å². The van der Waals surface area contributed by atoms with E-state index in [9.17, 15) is 9.59 Å². The number of hydrogen-bond donors (Lipinski definition) is 4. The monoisotopic (exact) mass is 709 g/mol. The molecule has 5 heterocycles. The lowest BCUT2D eigenvalue weighted by molar-refractivity contribution is -0.119. The van der Waals surface area contributed by atoms with Gasteiger partial charge < -0.3 is 25.7 Å². The summed E-state index contributed by atoms with van der Waals surface area (Å²) >= 11 is 14.1. The Morgan fingerprint density at radius 3 is 2.42 bits per heavy atom. The number of hydrogen-bond acceptors (Lipinski definition) is 8. The molecule has 1 fully saturated rings. The van der Waals surface area contributed by atoms with Gasteiger partial charge >= 0.3 is 0 Å². The van der Waals surface area contributed by atoms with Gasteiger partial charge in [-0.1, -0.05) is 65.7 Å². The van der Waals surface area contributed by atoms with Crippen molar-refractivity contribution >= 4 is 40.7 Å². The second kappa shape index (κ2) is 14.7.